The Morgan fingerprint density at radius 3 is 2.57 bits per heavy atom. The predicted molar refractivity (Wildman–Crippen MR) is 88.3 cm³/mol. The van der Waals surface area contributed by atoms with Gasteiger partial charge in [-0.2, -0.15) is 0 Å². The van der Waals surface area contributed by atoms with E-state index in [0.717, 1.165) is 14.5 Å². The first-order chi connectivity index (χ1) is 10.0. The maximum absolute atomic E-state index is 14.1. The van der Waals surface area contributed by atoms with Crippen LogP contribution < -0.4 is 5.32 Å². The summed E-state index contributed by atoms with van der Waals surface area (Å²) < 4.78 is 29.1. The Hall–Kier alpha value is -0.780. The minimum Gasteiger partial charge on any atom is -0.310 e. The van der Waals surface area contributed by atoms with E-state index in [4.69, 9.17) is 0 Å². The van der Waals surface area contributed by atoms with Gasteiger partial charge in [0.15, 0.2) is 0 Å². The first-order valence-electron chi connectivity index (χ1n) is 6.63. The van der Waals surface area contributed by atoms with Crippen LogP contribution in [0.5, 0.6) is 0 Å². The third kappa shape index (κ3) is 4.34. The summed E-state index contributed by atoms with van der Waals surface area (Å²) in [7, 11) is 0. The van der Waals surface area contributed by atoms with Gasteiger partial charge in [-0.25, -0.2) is 8.78 Å². The second-order valence-electron chi connectivity index (χ2n) is 4.72. The Balaban J connectivity index is 2.35. The molecule has 0 aliphatic rings. The van der Waals surface area contributed by atoms with Gasteiger partial charge in [0, 0.05) is 20.6 Å². The van der Waals surface area contributed by atoms with E-state index in [1.807, 2.05) is 6.92 Å². The fourth-order valence-electron chi connectivity index (χ4n) is 2.24. The van der Waals surface area contributed by atoms with Gasteiger partial charge in [0.1, 0.15) is 11.6 Å². The molecular formula is C16H15Br2F2N. The van der Waals surface area contributed by atoms with Crippen molar-refractivity contribution in [2.24, 2.45) is 0 Å². The zero-order valence-electron chi connectivity index (χ0n) is 11.5. The lowest BCUT2D eigenvalue weighted by molar-refractivity contribution is 0.508. The van der Waals surface area contributed by atoms with Crippen molar-refractivity contribution in [1.82, 2.24) is 5.32 Å². The van der Waals surface area contributed by atoms with Crippen LogP contribution in [0.2, 0.25) is 0 Å². The van der Waals surface area contributed by atoms with Gasteiger partial charge >= 0.3 is 0 Å². The summed E-state index contributed by atoms with van der Waals surface area (Å²) in [4.78, 5) is 0. The highest BCUT2D eigenvalue weighted by Gasteiger charge is 2.17. The molecular weight excluding hydrogens is 404 g/mol. The van der Waals surface area contributed by atoms with Crippen molar-refractivity contribution in [3.63, 3.8) is 0 Å². The number of halogens is 4. The minimum atomic E-state index is -0.293. The molecule has 0 spiro atoms. The van der Waals surface area contributed by atoms with Gasteiger partial charge in [0.25, 0.3) is 0 Å². The molecule has 0 heterocycles. The summed E-state index contributed by atoms with van der Waals surface area (Å²) in [6.07, 6.45) is 0.500. The highest BCUT2D eigenvalue weighted by atomic mass is 79.9. The average molecular weight is 419 g/mol. The van der Waals surface area contributed by atoms with Crippen molar-refractivity contribution in [3.8, 4) is 0 Å². The first-order valence-corrected chi connectivity index (χ1v) is 8.22. The maximum atomic E-state index is 14.1. The Labute approximate surface area is 140 Å². The topological polar surface area (TPSA) is 12.0 Å². The van der Waals surface area contributed by atoms with Crippen LogP contribution in [-0.2, 0) is 6.42 Å². The van der Waals surface area contributed by atoms with Crippen molar-refractivity contribution in [2.75, 3.05) is 6.54 Å². The minimum absolute atomic E-state index is 0.217. The molecule has 2 aromatic carbocycles. The average Bonchev–Trinajstić information content (AvgIpc) is 2.45. The molecule has 0 saturated carbocycles. The smallest absolute Gasteiger partial charge is 0.128 e. The fraction of sp³-hybridized carbons (Fsp3) is 0.250. The molecule has 2 rings (SSSR count). The molecule has 1 nitrogen and oxygen atoms in total. The number of nitrogens with one attached hydrogen (secondary N) is 1. The number of hydrogen-bond acceptors (Lipinski definition) is 1. The van der Waals surface area contributed by atoms with E-state index >= 15 is 0 Å². The van der Waals surface area contributed by atoms with Crippen LogP contribution in [0.4, 0.5) is 8.78 Å². The number of benzene rings is 2. The van der Waals surface area contributed by atoms with Crippen LogP contribution in [0.3, 0.4) is 0 Å². The molecule has 0 aromatic heterocycles. The van der Waals surface area contributed by atoms with E-state index in [1.165, 1.54) is 18.2 Å². The van der Waals surface area contributed by atoms with Crippen LogP contribution in [-0.4, -0.2) is 6.54 Å². The highest BCUT2D eigenvalue weighted by molar-refractivity contribution is 9.10. The van der Waals surface area contributed by atoms with Gasteiger partial charge in [-0.1, -0.05) is 38.8 Å². The van der Waals surface area contributed by atoms with Gasteiger partial charge in [-0.05, 0) is 54.9 Å². The van der Waals surface area contributed by atoms with Crippen LogP contribution in [0, 0.1) is 11.6 Å². The normalized spacial score (nSPS) is 12.4. The lowest BCUT2D eigenvalue weighted by Gasteiger charge is -2.20. The molecule has 0 saturated heterocycles. The van der Waals surface area contributed by atoms with E-state index < -0.39 is 0 Å². The third-order valence-corrected chi connectivity index (χ3v) is 4.48. The lowest BCUT2D eigenvalue weighted by Crippen LogP contribution is -2.24. The molecule has 112 valence electrons. The standard InChI is InChI=1S/C16H15Br2F2N/c1-2-21-16(13-9-11(17)3-6-15(13)20)8-10-7-12(19)4-5-14(10)18/h3-7,9,16,21H,2,8H2,1H3. The van der Waals surface area contributed by atoms with Gasteiger partial charge in [0.2, 0.25) is 0 Å². The van der Waals surface area contributed by atoms with Crippen molar-refractivity contribution < 1.29 is 8.78 Å². The summed E-state index contributed by atoms with van der Waals surface area (Å²) in [6, 6.07) is 9.19. The first kappa shape index (κ1) is 16.6. The molecule has 0 aliphatic heterocycles. The highest BCUT2D eigenvalue weighted by Crippen LogP contribution is 2.28. The van der Waals surface area contributed by atoms with Crippen molar-refractivity contribution in [3.05, 3.63) is 68.1 Å². The largest absolute Gasteiger partial charge is 0.310 e. The van der Waals surface area contributed by atoms with Crippen LogP contribution in [0.15, 0.2) is 45.3 Å². The molecule has 1 unspecified atom stereocenters. The molecule has 0 radical (unpaired) electrons. The van der Waals surface area contributed by atoms with Gasteiger partial charge in [-0.15, -0.1) is 0 Å². The zero-order valence-corrected chi connectivity index (χ0v) is 14.6. The number of rotatable bonds is 5. The van der Waals surface area contributed by atoms with Crippen LogP contribution >= 0.6 is 31.9 Å². The van der Waals surface area contributed by atoms with E-state index in [1.54, 1.807) is 18.2 Å². The second kappa shape index (κ2) is 7.47. The molecule has 0 amide bonds. The van der Waals surface area contributed by atoms with Crippen molar-refractivity contribution >= 4 is 31.9 Å². The lowest BCUT2D eigenvalue weighted by atomic mass is 9.98. The molecule has 0 fully saturated rings. The van der Waals surface area contributed by atoms with E-state index in [0.29, 0.717) is 18.5 Å². The Bertz CT molecular complexity index is 632. The Morgan fingerprint density at radius 2 is 1.86 bits per heavy atom. The maximum Gasteiger partial charge on any atom is 0.128 e. The second-order valence-corrected chi connectivity index (χ2v) is 6.49. The van der Waals surface area contributed by atoms with E-state index in [2.05, 4.69) is 37.2 Å². The van der Waals surface area contributed by atoms with E-state index in [-0.39, 0.29) is 17.7 Å². The predicted octanol–water partition coefficient (Wildman–Crippen LogP) is 5.38. The Kier molecular flexibility index (Phi) is 5.90. The van der Waals surface area contributed by atoms with E-state index in [9.17, 15) is 8.78 Å². The summed E-state index contributed by atoms with van der Waals surface area (Å²) in [5, 5.41) is 3.26. The van der Waals surface area contributed by atoms with Crippen LogP contribution in [0.1, 0.15) is 24.1 Å². The number of likely N-dealkylation sites (N-methyl/N-ethyl adjacent to an activating group) is 1. The summed E-state index contributed by atoms with van der Waals surface area (Å²) >= 11 is 6.78. The SMILES string of the molecule is CCNC(Cc1cc(F)ccc1Br)c1cc(Br)ccc1F. The van der Waals surface area contributed by atoms with Crippen molar-refractivity contribution in [2.45, 2.75) is 19.4 Å². The molecule has 0 aliphatic carbocycles. The van der Waals surface area contributed by atoms with Gasteiger partial charge in [-0.3, -0.25) is 0 Å². The summed E-state index contributed by atoms with van der Waals surface area (Å²) in [6.45, 7) is 2.66. The fourth-order valence-corrected chi connectivity index (χ4v) is 3.03. The summed E-state index contributed by atoms with van der Waals surface area (Å²) in [5.41, 5.74) is 1.38. The number of hydrogen-bond donors (Lipinski definition) is 1. The quantitative estimate of drug-likeness (QED) is 0.686. The molecule has 1 N–H and O–H groups in total. The zero-order chi connectivity index (χ0) is 15.4. The molecule has 5 heteroatoms. The third-order valence-electron chi connectivity index (χ3n) is 3.22. The molecule has 21 heavy (non-hydrogen) atoms. The molecule has 2 aromatic rings. The monoisotopic (exact) mass is 417 g/mol. The summed E-state index contributed by atoms with van der Waals surface area (Å²) in [5.74, 6) is -0.560. The van der Waals surface area contributed by atoms with Crippen LogP contribution in [0.25, 0.3) is 0 Å². The van der Waals surface area contributed by atoms with Crippen molar-refractivity contribution in [1.29, 1.82) is 0 Å². The Morgan fingerprint density at radius 1 is 1.10 bits per heavy atom. The molecule has 1 atom stereocenters. The molecule has 0 bridgehead atoms. The van der Waals surface area contributed by atoms with Gasteiger partial charge < -0.3 is 5.32 Å². The van der Waals surface area contributed by atoms with Gasteiger partial charge in [0.05, 0.1) is 0 Å².